The average Bonchev–Trinajstić information content (AvgIpc) is 2.71. The lowest BCUT2D eigenvalue weighted by molar-refractivity contribution is 0.112. The number of para-hydroxylation sites is 1. The molecule has 2 aromatic rings. The Morgan fingerprint density at radius 1 is 1.43 bits per heavy atom. The van der Waals surface area contributed by atoms with Crippen molar-refractivity contribution in [3.63, 3.8) is 0 Å². The van der Waals surface area contributed by atoms with Gasteiger partial charge in [0.1, 0.15) is 11.4 Å². The van der Waals surface area contributed by atoms with E-state index in [9.17, 15) is 9.90 Å². The molecule has 0 saturated carbocycles. The molecule has 0 saturated heterocycles. The normalized spacial score (nSPS) is 10.0. The van der Waals surface area contributed by atoms with Crippen LogP contribution < -0.4 is 0 Å². The Morgan fingerprint density at radius 2 is 2.29 bits per heavy atom. The molecular weight excluding hydrogens is 182 g/mol. The second-order valence-corrected chi connectivity index (χ2v) is 2.72. The molecule has 1 aromatic heterocycles. The van der Waals surface area contributed by atoms with Crippen molar-refractivity contribution in [2.45, 2.75) is 0 Å². The summed E-state index contributed by atoms with van der Waals surface area (Å²) in [6.45, 7) is 0. The molecule has 0 atom stereocenters. The third-order valence-electron chi connectivity index (χ3n) is 1.89. The van der Waals surface area contributed by atoms with Gasteiger partial charge in [-0.1, -0.05) is 11.3 Å². The van der Waals surface area contributed by atoms with E-state index in [-0.39, 0.29) is 11.3 Å². The number of phenols is 1. The van der Waals surface area contributed by atoms with Crippen LogP contribution in [-0.2, 0) is 0 Å². The van der Waals surface area contributed by atoms with Crippen molar-refractivity contribution in [3.05, 3.63) is 30.0 Å². The maximum Gasteiger partial charge on any atom is 0.153 e. The zero-order chi connectivity index (χ0) is 9.97. The largest absolute Gasteiger partial charge is 0.506 e. The minimum atomic E-state index is -0.0728. The first-order valence-corrected chi connectivity index (χ1v) is 3.97. The molecule has 1 heterocycles. The molecule has 0 aliphatic heterocycles. The number of aldehydes is 1. The highest BCUT2D eigenvalue weighted by Gasteiger charge is 2.09. The van der Waals surface area contributed by atoms with E-state index in [0.29, 0.717) is 17.5 Å². The number of phenolic OH excluding ortho intramolecular Hbond substituents is 1. The van der Waals surface area contributed by atoms with Crippen molar-refractivity contribution in [1.29, 1.82) is 0 Å². The zero-order valence-corrected chi connectivity index (χ0v) is 7.14. The van der Waals surface area contributed by atoms with E-state index in [1.807, 2.05) is 0 Å². The second-order valence-electron chi connectivity index (χ2n) is 2.72. The molecule has 0 aliphatic carbocycles. The summed E-state index contributed by atoms with van der Waals surface area (Å²) >= 11 is 0. The summed E-state index contributed by atoms with van der Waals surface area (Å²) in [5.74, 6) is -0.0728. The van der Waals surface area contributed by atoms with Gasteiger partial charge in [-0.15, -0.1) is 5.10 Å². The van der Waals surface area contributed by atoms with Crippen LogP contribution in [0.5, 0.6) is 5.75 Å². The summed E-state index contributed by atoms with van der Waals surface area (Å²) < 4.78 is 0. The first kappa shape index (κ1) is 8.43. The zero-order valence-electron chi connectivity index (χ0n) is 7.14. The maximum atomic E-state index is 10.5. The monoisotopic (exact) mass is 189 g/mol. The standard InChI is InChI=1S/C9H7N3O2/c13-5-6-2-1-3-7(9(6)14)8-4-10-12-11-8/h1-5,14H,(H,10,11,12). The Morgan fingerprint density at radius 3 is 2.93 bits per heavy atom. The number of aromatic hydroxyl groups is 1. The van der Waals surface area contributed by atoms with E-state index >= 15 is 0 Å². The number of carbonyl (C=O) groups is 1. The van der Waals surface area contributed by atoms with Gasteiger partial charge >= 0.3 is 0 Å². The van der Waals surface area contributed by atoms with E-state index in [0.717, 1.165) is 0 Å². The summed E-state index contributed by atoms with van der Waals surface area (Å²) in [4.78, 5) is 10.5. The van der Waals surface area contributed by atoms with Gasteiger partial charge in [0.15, 0.2) is 6.29 Å². The molecule has 0 amide bonds. The van der Waals surface area contributed by atoms with E-state index < -0.39 is 0 Å². The molecule has 0 radical (unpaired) electrons. The molecule has 0 fully saturated rings. The Hall–Kier alpha value is -2.17. The van der Waals surface area contributed by atoms with Gasteiger partial charge < -0.3 is 5.11 Å². The summed E-state index contributed by atoms with van der Waals surface area (Å²) in [5.41, 5.74) is 1.24. The van der Waals surface area contributed by atoms with Crippen molar-refractivity contribution in [2.75, 3.05) is 0 Å². The minimum absolute atomic E-state index is 0.0728. The first-order valence-electron chi connectivity index (χ1n) is 3.97. The van der Waals surface area contributed by atoms with Gasteiger partial charge in [-0.05, 0) is 12.1 Å². The summed E-state index contributed by atoms with van der Waals surface area (Å²) in [6, 6.07) is 4.87. The van der Waals surface area contributed by atoms with Crippen LogP contribution >= 0.6 is 0 Å². The number of rotatable bonds is 2. The molecule has 2 rings (SSSR count). The van der Waals surface area contributed by atoms with Crippen molar-refractivity contribution in [3.8, 4) is 17.0 Å². The molecule has 0 spiro atoms. The molecule has 1 aromatic carbocycles. The molecule has 70 valence electrons. The van der Waals surface area contributed by atoms with Gasteiger partial charge in [-0.25, -0.2) is 0 Å². The predicted molar refractivity (Wildman–Crippen MR) is 48.9 cm³/mol. The SMILES string of the molecule is O=Cc1cccc(-c2c[nH]nn2)c1O. The molecular formula is C9H7N3O2. The molecule has 14 heavy (non-hydrogen) atoms. The Kier molecular flexibility index (Phi) is 1.98. The van der Waals surface area contributed by atoms with Gasteiger partial charge in [0.25, 0.3) is 0 Å². The van der Waals surface area contributed by atoms with Crippen molar-refractivity contribution < 1.29 is 9.90 Å². The smallest absolute Gasteiger partial charge is 0.153 e. The van der Waals surface area contributed by atoms with Gasteiger partial charge in [-0.3, -0.25) is 9.89 Å². The second kappa shape index (κ2) is 3.29. The Bertz CT molecular complexity index is 451. The predicted octanol–water partition coefficient (Wildman–Crippen LogP) is 0.990. The van der Waals surface area contributed by atoms with Crippen LogP contribution in [-0.4, -0.2) is 26.8 Å². The molecule has 2 N–H and O–H groups in total. The highest BCUT2D eigenvalue weighted by molar-refractivity contribution is 5.84. The molecule has 0 bridgehead atoms. The number of benzene rings is 1. The van der Waals surface area contributed by atoms with Crippen LogP contribution in [0.25, 0.3) is 11.3 Å². The number of H-pyrrole nitrogens is 1. The molecule has 5 nitrogen and oxygen atoms in total. The number of nitrogens with one attached hydrogen (secondary N) is 1. The third-order valence-corrected chi connectivity index (χ3v) is 1.89. The molecule has 0 unspecified atom stereocenters. The molecule has 5 heteroatoms. The number of aromatic amines is 1. The summed E-state index contributed by atoms with van der Waals surface area (Å²) in [5, 5.41) is 19.4. The topological polar surface area (TPSA) is 78.9 Å². The Labute approximate surface area is 79.4 Å². The van der Waals surface area contributed by atoms with Crippen LogP contribution in [0.3, 0.4) is 0 Å². The van der Waals surface area contributed by atoms with Crippen LogP contribution in [0.4, 0.5) is 0 Å². The number of carbonyl (C=O) groups excluding carboxylic acids is 1. The fourth-order valence-electron chi connectivity index (χ4n) is 1.20. The van der Waals surface area contributed by atoms with Gasteiger partial charge in [-0.2, -0.15) is 0 Å². The number of hydrogen-bond acceptors (Lipinski definition) is 4. The third kappa shape index (κ3) is 1.24. The highest BCUT2D eigenvalue weighted by atomic mass is 16.3. The van der Waals surface area contributed by atoms with Crippen LogP contribution in [0, 0.1) is 0 Å². The van der Waals surface area contributed by atoms with Gasteiger partial charge in [0.2, 0.25) is 0 Å². The van der Waals surface area contributed by atoms with Gasteiger partial charge in [0.05, 0.1) is 11.8 Å². The number of aromatic nitrogens is 3. The number of nitrogens with zero attached hydrogens (tertiary/aromatic N) is 2. The van der Waals surface area contributed by atoms with Crippen molar-refractivity contribution >= 4 is 6.29 Å². The molecule has 0 aliphatic rings. The lowest BCUT2D eigenvalue weighted by Gasteiger charge is -2.01. The maximum absolute atomic E-state index is 10.5. The lowest BCUT2D eigenvalue weighted by atomic mass is 10.1. The summed E-state index contributed by atoms with van der Waals surface area (Å²) in [6.07, 6.45) is 2.14. The van der Waals surface area contributed by atoms with Crippen molar-refractivity contribution in [2.24, 2.45) is 0 Å². The van der Waals surface area contributed by atoms with Crippen molar-refractivity contribution in [1.82, 2.24) is 15.4 Å². The lowest BCUT2D eigenvalue weighted by Crippen LogP contribution is -1.85. The van der Waals surface area contributed by atoms with Crippen LogP contribution in [0.1, 0.15) is 10.4 Å². The Balaban J connectivity index is 2.60. The summed E-state index contributed by atoms with van der Waals surface area (Å²) in [7, 11) is 0. The quantitative estimate of drug-likeness (QED) is 0.690. The van der Waals surface area contributed by atoms with E-state index in [1.165, 1.54) is 6.07 Å². The first-order chi connectivity index (χ1) is 6.83. The van der Waals surface area contributed by atoms with E-state index in [4.69, 9.17) is 0 Å². The average molecular weight is 189 g/mol. The highest BCUT2D eigenvalue weighted by Crippen LogP contribution is 2.29. The fourth-order valence-corrected chi connectivity index (χ4v) is 1.20. The van der Waals surface area contributed by atoms with Gasteiger partial charge in [0, 0.05) is 5.56 Å². The van der Waals surface area contributed by atoms with E-state index in [1.54, 1.807) is 18.3 Å². The fraction of sp³-hybridized carbons (Fsp3) is 0. The number of hydrogen-bond donors (Lipinski definition) is 2. The van der Waals surface area contributed by atoms with E-state index in [2.05, 4.69) is 15.4 Å². The minimum Gasteiger partial charge on any atom is -0.506 e. The van der Waals surface area contributed by atoms with Crippen LogP contribution in [0.15, 0.2) is 24.4 Å². The van der Waals surface area contributed by atoms with Crippen LogP contribution in [0.2, 0.25) is 0 Å².